The fraction of sp³-hybridized carbons (Fsp3) is 0.556. The van der Waals surface area contributed by atoms with Crippen molar-refractivity contribution in [1.82, 2.24) is 30.0 Å². The molecule has 2 aromatic heterocycles. The Morgan fingerprint density at radius 1 is 1.47 bits per heavy atom. The lowest BCUT2D eigenvalue weighted by Crippen LogP contribution is -2.31. The third-order valence-corrected chi connectivity index (χ3v) is 3.08. The molecule has 0 aliphatic carbocycles. The molecule has 0 aromatic carbocycles. The Bertz CT molecular complexity index is 531. The molecule has 0 unspecified atom stereocenters. The van der Waals surface area contributed by atoms with Crippen LogP contribution in [0.25, 0.3) is 4.96 Å². The lowest BCUT2D eigenvalue weighted by Gasteiger charge is -2.08. The van der Waals surface area contributed by atoms with Gasteiger partial charge >= 0.3 is 0 Å². The monoisotopic (exact) mass is 254 g/mol. The van der Waals surface area contributed by atoms with Gasteiger partial charge in [0.15, 0.2) is 5.82 Å². The highest BCUT2D eigenvalue weighted by atomic mass is 32.1. The lowest BCUT2D eigenvalue weighted by atomic mass is 10.5. The van der Waals surface area contributed by atoms with Crippen molar-refractivity contribution < 1.29 is 4.79 Å². The van der Waals surface area contributed by atoms with Crippen LogP contribution in [0.2, 0.25) is 0 Å². The summed E-state index contributed by atoms with van der Waals surface area (Å²) in [7, 11) is 3.91. The summed E-state index contributed by atoms with van der Waals surface area (Å²) in [5, 5.41) is 15.1. The zero-order valence-corrected chi connectivity index (χ0v) is 10.8. The summed E-state index contributed by atoms with van der Waals surface area (Å²) in [5.74, 6) is 0.519. The first-order valence-electron chi connectivity index (χ1n) is 5.19. The van der Waals surface area contributed by atoms with E-state index in [0.717, 1.165) is 6.54 Å². The largest absolute Gasteiger partial charge is 0.349 e. The number of carbonyl (C=O) groups excluding carboxylic acids is 1. The molecular weight excluding hydrogens is 240 g/mol. The van der Waals surface area contributed by atoms with E-state index < -0.39 is 0 Å². The van der Waals surface area contributed by atoms with E-state index >= 15 is 0 Å². The van der Waals surface area contributed by atoms with Crippen LogP contribution in [0.5, 0.6) is 0 Å². The predicted molar refractivity (Wildman–Crippen MR) is 64.3 cm³/mol. The third-order valence-electron chi connectivity index (χ3n) is 2.19. The van der Waals surface area contributed by atoms with Crippen LogP contribution in [0.4, 0.5) is 0 Å². The van der Waals surface area contributed by atoms with Gasteiger partial charge in [0.1, 0.15) is 0 Å². The second kappa shape index (κ2) is 4.76. The molecule has 1 amide bonds. The number of hydrogen-bond acceptors (Lipinski definition) is 6. The highest BCUT2D eigenvalue weighted by molar-refractivity contribution is 7.18. The van der Waals surface area contributed by atoms with Gasteiger partial charge in [0, 0.05) is 13.1 Å². The predicted octanol–water partition coefficient (Wildman–Crippen LogP) is -0.214. The quantitative estimate of drug-likeness (QED) is 0.817. The minimum Gasteiger partial charge on any atom is -0.349 e. The maximum Gasteiger partial charge on any atom is 0.282 e. The number of rotatable bonds is 4. The van der Waals surface area contributed by atoms with Gasteiger partial charge in [-0.1, -0.05) is 11.3 Å². The molecule has 2 aromatic rings. The van der Waals surface area contributed by atoms with Crippen molar-refractivity contribution in [3.63, 3.8) is 0 Å². The molecule has 0 bridgehead atoms. The number of nitrogens with zero attached hydrogens (tertiary/aromatic N) is 5. The first-order valence-corrected chi connectivity index (χ1v) is 6.01. The Morgan fingerprint density at radius 3 is 2.88 bits per heavy atom. The Kier molecular flexibility index (Phi) is 3.34. The van der Waals surface area contributed by atoms with Crippen LogP contribution in [-0.4, -0.2) is 57.8 Å². The van der Waals surface area contributed by atoms with Gasteiger partial charge < -0.3 is 10.2 Å². The van der Waals surface area contributed by atoms with Crippen molar-refractivity contribution in [2.45, 2.75) is 6.92 Å². The summed E-state index contributed by atoms with van der Waals surface area (Å²) in [6.45, 7) is 3.20. The minimum absolute atomic E-state index is 0.165. The first kappa shape index (κ1) is 11.9. The van der Waals surface area contributed by atoms with Crippen LogP contribution in [0.15, 0.2) is 0 Å². The Hall–Kier alpha value is -1.54. The molecule has 0 aliphatic heterocycles. The molecular formula is C9H14N6OS. The van der Waals surface area contributed by atoms with Crippen molar-refractivity contribution in [3.05, 3.63) is 10.8 Å². The zero-order chi connectivity index (χ0) is 12.4. The molecule has 0 saturated carbocycles. The van der Waals surface area contributed by atoms with Gasteiger partial charge in [0.25, 0.3) is 5.91 Å². The standard InChI is InChI=1S/C9H14N6OS/c1-6-11-12-9-15(6)13-8(17-9)7(16)10-4-5-14(2)3/h4-5H2,1-3H3,(H,10,16). The van der Waals surface area contributed by atoms with Gasteiger partial charge in [-0.05, 0) is 21.0 Å². The van der Waals surface area contributed by atoms with Crippen LogP contribution in [0, 0.1) is 6.92 Å². The first-order chi connectivity index (χ1) is 8.08. The van der Waals surface area contributed by atoms with E-state index in [1.165, 1.54) is 11.3 Å². The number of carbonyl (C=O) groups is 1. The summed E-state index contributed by atoms with van der Waals surface area (Å²) in [6.07, 6.45) is 0. The smallest absolute Gasteiger partial charge is 0.282 e. The van der Waals surface area contributed by atoms with E-state index in [1.54, 1.807) is 11.4 Å². The molecule has 0 saturated heterocycles. The SMILES string of the molecule is Cc1nnc2sc(C(=O)NCCN(C)C)nn12. The van der Waals surface area contributed by atoms with Gasteiger partial charge in [0.05, 0.1) is 0 Å². The molecule has 7 nitrogen and oxygen atoms in total. The summed E-state index contributed by atoms with van der Waals surface area (Å²) in [5.41, 5.74) is 0. The number of aryl methyl sites for hydroxylation is 1. The molecule has 92 valence electrons. The third kappa shape index (κ3) is 2.59. The highest BCUT2D eigenvalue weighted by Gasteiger charge is 2.14. The summed E-state index contributed by atoms with van der Waals surface area (Å²) in [4.78, 5) is 14.4. The minimum atomic E-state index is -0.165. The number of nitrogens with one attached hydrogen (secondary N) is 1. The topological polar surface area (TPSA) is 75.4 Å². The van der Waals surface area contributed by atoms with Crippen molar-refractivity contribution in [3.8, 4) is 0 Å². The lowest BCUT2D eigenvalue weighted by molar-refractivity contribution is 0.0949. The van der Waals surface area contributed by atoms with E-state index in [4.69, 9.17) is 0 Å². The van der Waals surface area contributed by atoms with Gasteiger partial charge in [0.2, 0.25) is 9.97 Å². The number of likely N-dealkylation sites (N-methyl/N-ethyl adjacent to an activating group) is 1. The Labute approximate surface area is 102 Å². The van der Waals surface area contributed by atoms with Crippen molar-refractivity contribution in [1.29, 1.82) is 0 Å². The molecule has 0 aliphatic rings. The van der Waals surface area contributed by atoms with Crippen molar-refractivity contribution in [2.75, 3.05) is 27.2 Å². The highest BCUT2D eigenvalue weighted by Crippen LogP contribution is 2.12. The number of aromatic nitrogens is 4. The molecule has 8 heteroatoms. The van der Waals surface area contributed by atoms with Crippen LogP contribution in [0.3, 0.4) is 0 Å². The van der Waals surface area contributed by atoms with Gasteiger partial charge in [-0.15, -0.1) is 15.3 Å². The van der Waals surface area contributed by atoms with Gasteiger partial charge in [-0.3, -0.25) is 4.79 Å². The molecule has 0 radical (unpaired) electrons. The fourth-order valence-electron chi connectivity index (χ4n) is 1.28. The molecule has 1 N–H and O–H groups in total. The molecule has 17 heavy (non-hydrogen) atoms. The van der Waals surface area contributed by atoms with E-state index in [9.17, 15) is 4.79 Å². The van der Waals surface area contributed by atoms with Crippen LogP contribution < -0.4 is 5.32 Å². The number of hydrogen-bond donors (Lipinski definition) is 1. The number of fused-ring (bicyclic) bond motifs is 1. The van der Waals surface area contributed by atoms with Crippen LogP contribution >= 0.6 is 11.3 Å². The average molecular weight is 254 g/mol. The summed E-state index contributed by atoms with van der Waals surface area (Å²) in [6, 6.07) is 0. The van der Waals surface area contributed by atoms with Gasteiger partial charge in [-0.25, -0.2) is 0 Å². The molecule has 0 spiro atoms. The van der Waals surface area contributed by atoms with Crippen molar-refractivity contribution >= 4 is 22.2 Å². The normalized spacial score (nSPS) is 11.3. The van der Waals surface area contributed by atoms with Crippen molar-refractivity contribution in [2.24, 2.45) is 0 Å². The van der Waals surface area contributed by atoms with Gasteiger partial charge in [-0.2, -0.15) is 4.52 Å². The van der Waals surface area contributed by atoms with E-state index in [0.29, 0.717) is 22.3 Å². The van der Waals surface area contributed by atoms with Crippen LogP contribution in [0.1, 0.15) is 15.6 Å². The molecule has 0 fully saturated rings. The second-order valence-corrected chi connectivity index (χ2v) is 4.86. The second-order valence-electron chi connectivity index (χ2n) is 3.91. The maximum absolute atomic E-state index is 11.8. The maximum atomic E-state index is 11.8. The Morgan fingerprint density at radius 2 is 2.24 bits per heavy atom. The Balaban J connectivity index is 2.03. The fourth-order valence-corrected chi connectivity index (χ4v) is 2.08. The zero-order valence-electron chi connectivity index (χ0n) is 9.97. The summed E-state index contributed by atoms with van der Waals surface area (Å²) >= 11 is 1.24. The molecule has 0 atom stereocenters. The number of amides is 1. The van der Waals surface area contributed by atoms with Crippen LogP contribution in [-0.2, 0) is 0 Å². The van der Waals surface area contributed by atoms with E-state index in [1.807, 2.05) is 19.0 Å². The van der Waals surface area contributed by atoms with E-state index in [2.05, 4.69) is 20.6 Å². The molecule has 2 rings (SSSR count). The molecule has 2 heterocycles. The average Bonchev–Trinajstić information content (AvgIpc) is 2.81. The summed E-state index contributed by atoms with van der Waals surface area (Å²) < 4.78 is 1.57. The van der Waals surface area contributed by atoms with E-state index in [-0.39, 0.29) is 5.91 Å².